The summed E-state index contributed by atoms with van der Waals surface area (Å²) in [6.07, 6.45) is -2.74. The lowest BCUT2D eigenvalue weighted by atomic mass is 10.2. The molecule has 110 valence electrons. The van der Waals surface area contributed by atoms with E-state index in [2.05, 4.69) is 21.2 Å². The first-order valence-corrected chi connectivity index (χ1v) is 6.27. The van der Waals surface area contributed by atoms with Crippen LogP contribution < -0.4 is 16.2 Å². The van der Waals surface area contributed by atoms with Crippen molar-refractivity contribution in [2.24, 2.45) is 0 Å². The summed E-state index contributed by atoms with van der Waals surface area (Å²) in [4.78, 5) is 4.01. The molecule has 8 heteroatoms. The van der Waals surface area contributed by atoms with Crippen LogP contribution in [-0.2, 0) is 6.18 Å². The zero-order chi connectivity index (χ0) is 15.3. The highest BCUT2D eigenvalue weighted by Gasteiger charge is 2.29. The molecule has 0 aliphatic heterocycles. The van der Waals surface area contributed by atoms with Crippen LogP contribution >= 0.6 is 12.2 Å². The van der Waals surface area contributed by atoms with Gasteiger partial charge in [-0.1, -0.05) is 6.07 Å². The Morgan fingerprint density at radius 2 is 1.76 bits per heavy atom. The summed E-state index contributed by atoms with van der Waals surface area (Å²) in [5, 5.41) is 2.96. The molecule has 2 aromatic rings. The van der Waals surface area contributed by atoms with Gasteiger partial charge in [-0.15, -0.1) is 0 Å². The number of hydrogen-bond acceptors (Lipinski definition) is 3. The van der Waals surface area contributed by atoms with Crippen molar-refractivity contribution in [3.63, 3.8) is 0 Å². The lowest BCUT2D eigenvalue weighted by Gasteiger charge is -2.12. The van der Waals surface area contributed by atoms with Gasteiger partial charge in [-0.25, -0.2) is 4.98 Å². The number of rotatable bonds is 3. The molecule has 0 amide bonds. The van der Waals surface area contributed by atoms with Gasteiger partial charge in [0, 0.05) is 11.9 Å². The smallest absolute Gasteiger partial charge is 0.331 e. The number of benzene rings is 1. The van der Waals surface area contributed by atoms with Crippen LogP contribution in [0, 0.1) is 0 Å². The van der Waals surface area contributed by atoms with Crippen LogP contribution in [0.2, 0.25) is 0 Å². The van der Waals surface area contributed by atoms with E-state index in [4.69, 9.17) is 12.2 Å². The summed E-state index contributed by atoms with van der Waals surface area (Å²) in [5.41, 5.74) is 5.17. The number of aromatic nitrogens is 1. The Labute approximate surface area is 124 Å². The van der Waals surface area contributed by atoms with E-state index in [-0.39, 0.29) is 5.11 Å². The summed E-state index contributed by atoms with van der Waals surface area (Å²) in [6, 6.07) is 9.87. The number of thiocarbonyl (C=S) groups is 1. The highest BCUT2D eigenvalue weighted by molar-refractivity contribution is 7.80. The quantitative estimate of drug-likeness (QED) is 0.599. The second-order valence-electron chi connectivity index (χ2n) is 3.99. The zero-order valence-corrected chi connectivity index (χ0v) is 11.4. The van der Waals surface area contributed by atoms with E-state index in [9.17, 15) is 13.2 Å². The lowest BCUT2D eigenvalue weighted by molar-refractivity contribution is -0.137. The maximum absolute atomic E-state index is 12.4. The molecule has 0 fully saturated rings. The van der Waals surface area contributed by atoms with Crippen LogP contribution in [0.5, 0.6) is 0 Å². The number of nitrogens with one attached hydrogen (secondary N) is 3. The van der Waals surface area contributed by atoms with Crippen molar-refractivity contribution in [1.29, 1.82) is 0 Å². The molecule has 0 aliphatic carbocycles. The summed E-state index contributed by atoms with van der Waals surface area (Å²) in [7, 11) is 0. The van der Waals surface area contributed by atoms with E-state index >= 15 is 0 Å². The molecule has 1 aromatic heterocycles. The topological polar surface area (TPSA) is 49.0 Å². The van der Waals surface area contributed by atoms with Gasteiger partial charge in [0.15, 0.2) is 5.11 Å². The van der Waals surface area contributed by atoms with Gasteiger partial charge in [-0.3, -0.25) is 10.9 Å². The average Bonchev–Trinajstić information content (AvgIpc) is 2.46. The number of hydrazine groups is 1. The zero-order valence-electron chi connectivity index (χ0n) is 10.6. The standard InChI is InChI=1S/C13H11F3N4S/c14-13(15,16)9-4-6-10(7-5-9)18-12(21)20-19-11-3-1-2-8-17-11/h1-8H,(H,17,19)(H2,18,20,21). The third-order valence-electron chi connectivity index (χ3n) is 2.44. The molecule has 0 atom stereocenters. The van der Waals surface area contributed by atoms with Gasteiger partial charge >= 0.3 is 6.18 Å². The number of hydrogen-bond donors (Lipinski definition) is 3. The van der Waals surface area contributed by atoms with E-state index in [0.717, 1.165) is 12.1 Å². The minimum Gasteiger partial charge on any atom is -0.331 e. The molecule has 0 saturated heterocycles. The molecule has 0 aliphatic rings. The predicted molar refractivity (Wildman–Crippen MR) is 78.7 cm³/mol. The molecule has 4 nitrogen and oxygen atoms in total. The first kappa shape index (κ1) is 15.0. The van der Waals surface area contributed by atoms with Crippen LogP contribution in [0.3, 0.4) is 0 Å². The Morgan fingerprint density at radius 3 is 2.33 bits per heavy atom. The molecule has 1 heterocycles. The normalized spacial score (nSPS) is 10.8. The first-order valence-electron chi connectivity index (χ1n) is 5.86. The Morgan fingerprint density at radius 1 is 1.05 bits per heavy atom. The Kier molecular flexibility index (Phi) is 4.59. The van der Waals surface area contributed by atoms with E-state index < -0.39 is 11.7 Å². The van der Waals surface area contributed by atoms with Gasteiger partial charge in [-0.2, -0.15) is 13.2 Å². The minimum absolute atomic E-state index is 0.209. The van der Waals surface area contributed by atoms with Crippen molar-refractivity contribution in [2.75, 3.05) is 10.7 Å². The number of alkyl halides is 3. The molecule has 0 radical (unpaired) electrons. The van der Waals surface area contributed by atoms with Crippen LogP contribution in [0.1, 0.15) is 5.56 Å². The van der Waals surface area contributed by atoms with E-state index in [0.29, 0.717) is 11.5 Å². The van der Waals surface area contributed by atoms with Crippen molar-refractivity contribution in [1.82, 2.24) is 10.4 Å². The minimum atomic E-state index is -4.35. The van der Waals surface area contributed by atoms with Crippen LogP contribution in [-0.4, -0.2) is 10.1 Å². The second kappa shape index (κ2) is 6.40. The van der Waals surface area contributed by atoms with Crippen molar-refractivity contribution in [3.8, 4) is 0 Å². The number of anilines is 2. The molecule has 0 saturated carbocycles. The number of pyridine rings is 1. The molecule has 2 rings (SSSR count). The van der Waals surface area contributed by atoms with E-state index in [1.807, 2.05) is 0 Å². The van der Waals surface area contributed by atoms with Crippen molar-refractivity contribution in [3.05, 3.63) is 54.2 Å². The van der Waals surface area contributed by atoms with Gasteiger partial charge in [0.25, 0.3) is 0 Å². The Hall–Kier alpha value is -2.35. The molecular weight excluding hydrogens is 301 g/mol. The molecular formula is C13H11F3N4S. The Bertz CT molecular complexity index is 599. The van der Waals surface area contributed by atoms with E-state index in [1.54, 1.807) is 24.4 Å². The number of halogens is 3. The first-order chi connectivity index (χ1) is 9.95. The highest BCUT2D eigenvalue weighted by atomic mass is 32.1. The van der Waals surface area contributed by atoms with Gasteiger partial charge in [0.2, 0.25) is 0 Å². The fourth-order valence-electron chi connectivity index (χ4n) is 1.46. The fourth-order valence-corrected chi connectivity index (χ4v) is 1.63. The Balaban J connectivity index is 1.88. The third-order valence-corrected chi connectivity index (χ3v) is 2.64. The number of nitrogens with zero attached hydrogens (tertiary/aromatic N) is 1. The third kappa shape index (κ3) is 4.60. The summed E-state index contributed by atoms with van der Waals surface area (Å²) in [5.74, 6) is 0.564. The fraction of sp³-hybridized carbons (Fsp3) is 0.0769. The van der Waals surface area contributed by atoms with Gasteiger partial charge in [0.1, 0.15) is 5.82 Å². The predicted octanol–water partition coefficient (Wildman–Crippen LogP) is 3.41. The molecule has 1 aromatic carbocycles. The second-order valence-corrected chi connectivity index (χ2v) is 4.40. The van der Waals surface area contributed by atoms with Crippen LogP contribution in [0.4, 0.5) is 24.7 Å². The summed E-state index contributed by atoms with van der Waals surface area (Å²) in [6.45, 7) is 0. The van der Waals surface area contributed by atoms with Crippen LogP contribution in [0.15, 0.2) is 48.7 Å². The highest BCUT2D eigenvalue weighted by Crippen LogP contribution is 2.29. The van der Waals surface area contributed by atoms with Gasteiger partial charge in [0.05, 0.1) is 5.56 Å². The molecule has 3 N–H and O–H groups in total. The van der Waals surface area contributed by atoms with Crippen molar-refractivity contribution >= 4 is 28.8 Å². The molecule has 0 bridgehead atoms. The summed E-state index contributed by atoms with van der Waals surface area (Å²) >= 11 is 5.01. The largest absolute Gasteiger partial charge is 0.416 e. The lowest BCUT2D eigenvalue weighted by Crippen LogP contribution is -2.33. The van der Waals surface area contributed by atoms with Crippen LogP contribution in [0.25, 0.3) is 0 Å². The maximum Gasteiger partial charge on any atom is 0.416 e. The SMILES string of the molecule is FC(F)(F)c1ccc(NC(=S)NNc2ccccn2)cc1. The molecule has 21 heavy (non-hydrogen) atoms. The average molecular weight is 312 g/mol. The van der Waals surface area contributed by atoms with Crippen molar-refractivity contribution in [2.45, 2.75) is 6.18 Å². The molecule has 0 spiro atoms. The van der Waals surface area contributed by atoms with Gasteiger partial charge in [-0.05, 0) is 48.6 Å². The van der Waals surface area contributed by atoms with E-state index in [1.165, 1.54) is 12.1 Å². The monoisotopic (exact) mass is 312 g/mol. The van der Waals surface area contributed by atoms with Crippen molar-refractivity contribution < 1.29 is 13.2 Å². The van der Waals surface area contributed by atoms with Gasteiger partial charge < -0.3 is 5.32 Å². The maximum atomic E-state index is 12.4. The molecule has 0 unspecified atom stereocenters. The summed E-state index contributed by atoms with van der Waals surface area (Å²) < 4.78 is 37.2.